The summed E-state index contributed by atoms with van der Waals surface area (Å²) < 4.78 is 16.0. The van der Waals surface area contributed by atoms with E-state index in [9.17, 15) is 9.18 Å². The maximum absolute atomic E-state index is 14.6. The second kappa shape index (κ2) is 6.88. The van der Waals surface area contributed by atoms with E-state index in [0.29, 0.717) is 28.5 Å². The van der Waals surface area contributed by atoms with Crippen molar-refractivity contribution in [2.45, 2.75) is 26.8 Å². The number of allylic oxidation sites excluding steroid dienone is 1. The molecule has 0 saturated carbocycles. The van der Waals surface area contributed by atoms with Crippen molar-refractivity contribution in [2.24, 2.45) is 0 Å². The third kappa shape index (κ3) is 3.02. The number of fused-ring (bicyclic) bond motifs is 1. The zero-order chi connectivity index (χ0) is 19.8. The van der Waals surface area contributed by atoms with Crippen LogP contribution in [-0.2, 0) is 4.79 Å². The molecular formula is C20H19FN6O. The van der Waals surface area contributed by atoms with Gasteiger partial charge in [-0.2, -0.15) is 4.68 Å². The second-order valence-electron chi connectivity index (χ2n) is 6.81. The first kappa shape index (κ1) is 17.8. The molecule has 2 heterocycles. The molecule has 0 saturated heterocycles. The van der Waals surface area contributed by atoms with Crippen LogP contribution in [0.4, 0.5) is 16.0 Å². The number of amides is 1. The van der Waals surface area contributed by atoms with Gasteiger partial charge in [-0.25, -0.2) is 4.39 Å². The lowest BCUT2D eigenvalue weighted by molar-refractivity contribution is -0.113. The zero-order valence-electron chi connectivity index (χ0n) is 15.7. The Labute approximate surface area is 161 Å². The molecule has 4 rings (SSSR count). The maximum atomic E-state index is 14.6. The third-order valence-electron chi connectivity index (χ3n) is 4.79. The van der Waals surface area contributed by atoms with Crippen molar-refractivity contribution in [2.75, 3.05) is 10.6 Å². The minimum atomic E-state index is -0.779. The fourth-order valence-electron chi connectivity index (χ4n) is 3.43. The van der Waals surface area contributed by atoms with Gasteiger partial charge >= 0.3 is 0 Å². The van der Waals surface area contributed by atoms with Crippen LogP contribution in [0.2, 0.25) is 0 Å². The Morgan fingerprint density at radius 3 is 2.71 bits per heavy atom. The Morgan fingerprint density at radius 2 is 1.96 bits per heavy atom. The molecule has 3 aromatic rings. The number of carbonyl (C=O) groups is 1. The molecule has 0 fully saturated rings. The Morgan fingerprint density at radius 1 is 1.18 bits per heavy atom. The largest absolute Gasteiger partial charge is 0.326 e. The van der Waals surface area contributed by atoms with Crippen LogP contribution >= 0.6 is 0 Å². The molecule has 1 atom stereocenters. The average Bonchev–Trinajstić information content (AvgIpc) is 3.11. The van der Waals surface area contributed by atoms with E-state index in [1.54, 1.807) is 25.1 Å². The number of benzene rings is 2. The number of aromatic nitrogens is 4. The predicted molar refractivity (Wildman–Crippen MR) is 103 cm³/mol. The summed E-state index contributed by atoms with van der Waals surface area (Å²) in [5.41, 5.74) is 3.99. The lowest BCUT2D eigenvalue weighted by Gasteiger charge is -2.28. The van der Waals surface area contributed by atoms with Gasteiger partial charge in [0.15, 0.2) is 0 Å². The minimum Gasteiger partial charge on any atom is -0.326 e. The van der Waals surface area contributed by atoms with E-state index in [1.165, 1.54) is 10.7 Å². The molecule has 8 heteroatoms. The van der Waals surface area contributed by atoms with Gasteiger partial charge in [-0.1, -0.05) is 41.0 Å². The van der Waals surface area contributed by atoms with Gasteiger partial charge in [-0.05, 0) is 48.9 Å². The Balaban J connectivity index is 1.79. The number of hydrogen-bond acceptors (Lipinski definition) is 5. The molecule has 2 N–H and O–H groups in total. The zero-order valence-corrected chi connectivity index (χ0v) is 15.7. The number of hydrogen-bond donors (Lipinski definition) is 2. The third-order valence-corrected chi connectivity index (χ3v) is 4.79. The molecule has 0 aliphatic carbocycles. The van der Waals surface area contributed by atoms with Gasteiger partial charge in [0, 0.05) is 16.9 Å². The predicted octanol–water partition coefficient (Wildman–Crippen LogP) is 3.36. The molecule has 1 aromatic heterocycles. The van der Waals surface area contributed by atoms with Crippen molar-refractivity contribution >= 4 is 17.5 Å². The number of carbonyl (C=O) groups excluding carboxylic acids is 1. The number of nitrogens with zero attached hydrogens (tertiary/aromatic N) is 4. The quantitative estimate of drug-likeness (QED) is 0.730. The van der Waals surface area contributed by atoms with E-state index < -0.39 is 11.9 Å². The van der Waals surface area contributed by atoms with Gasteiger partial charge in [0.2, 0.25) is 5.95 Å². The highest BCUT2D eigenvalue weighted by atomic mass is 19.1. The number of tetrazole rings is 1. The van der Waals surface area contributed by atoms with Gasteiger partial charge in [0.1, 0.15) is 11.9 Å². The van der Waals surface area contributed by atoms with Crippen LogP contribution in [0.15, 0.2) is 53.7 Å². The number of nitrogens with one attached hydrogen (secondary N) is 2. The molecule has 1 amide bonds. The number of anilines is 2. The summed E-state index contributed by atoms with van der Waals surface area (Å²) in [6.07, 6.45) is 0. The molecular weight excluding hydrogens is 359 g/mol. The summed E-state index contributed by atoms with van der Waals surface area (Å²) in [5.74, 6) is -0.416. The first-order valence-electron chi connectivity index (χ1n) is 8.84. The fraction of sp³-hybridized carbons (Fsp3) is 0.200. The number of aryl methyl sites for hydroxylation is 2. The molecule has 28 heavy (non-hydrogen) atoms. The van der Waals surface area contributed by atoms with Crippen LogP contribution in [0.25, 0.3) is 0 Å². The number of halogens is 1. The summed E-state index contributed by atoms with van der Waals surface area (Å²) in [7, 11) is 0. The van der Waals surface area contributed by atoms with Crippen LogP contribution in [0.5, 0.6) is 0 Å². The molecule has 1 aliphatic heterocycles. The van der Waals surface area contributed by atoms with Gasteiger partial charge in [0.25, 0.3) is 5.91 Å². The highest BCUT2D eigenvalue weighted by Gasteiger charge is 2.35. The van der Waals surface area contributed by atoms with E-state index >= 15 is 0 Å². The molecule has 7 nitrogen and oxygen atoms in total. The summed E-state index contributed by atoms with van der Waals surface area (Å²) in [6, 6.07) is 11.3. The standard InChI is InChI=1S/C20H19FN6O/c1-11-8-9-16(12(2)10-11)23-19(28)17-13(3)22-20-24-25-26-27(20)18(17)14-6-4-5-7-15(14)21/h4-10,18H,1-3H3,(H,23,28)(H,22,24,26). The van der Waals surface area contributed by atoms with Crippen molar-refractivity contribution in [3.63, 3.8) is 0 Å². The Hall–Kier alpha value is -3.55. The van der Waals surface area contributed by atoms with Crippen LogP contribution in [0, 0.1) is 19.7 Å². The topological polar surface area (TPSA) is 84.7 Å². The summed E-state index contributed by atoms with van der Waals surface area (Å²) in [4.78, 5) is 13.2. The fourth-order valence-corrected chi connectivity index (χ4v) is 3.43. The lowest BCUT2D eigenvalue weighted by Crippen LogP contribution is -2.32. The normalized spacial score (nSPS) is 15.8. The van der Waals surface area contributed by atoms with Gasteiger partial charge in [-0.15, -0.1) is 0 Å². The van der Waals surface area contributed by atoms with Crippen LogP contribution in [0.3, 0.4) is 0 Å². The molecule has 0 radical (unpaired) electrons. The van der Waals surface area contributed by atoms with Crippen LogP contribution in [0.1, 0.15) is 29.7 Å². The molecule has 0 spiro atoms. The summed E-state index contributed by atoms with van der Waals surface area (Å²) >= 11 is 0. The van der Waals surface area contributed by atoms with Crippen molar-refractivity contribution < 1.29 is 9.18 Å². The minimum absolute atomic E-state index is 0.322. The average molecular weight is 378 g/mol. The van der Waals surface area contributed by atoms with Crippen molar-refractivity contribution in [3.8, 4) is 0 Å². The Kier molecular flexibility index (Phi) is 4.38. The van der Waals surface area contributed by atoms with Gasteiger partial charge in [0.05, 0.1) is 5.57 Å². The summed E-state index contributed by atoms with van der Waals surface area (Å²) in [6.45, 7) is 5.67. The first-order valence-corrected chi connectivity index (χ1v) is 8.84. The molecule has 2 aromatic carbocycles. The van der Waals surface area contributed by atoms with E-state index in [0.717, 1.165) is 11.1 Å². The molecule has 0 bridgehead atoms. The first-order chi connectivity index (χ1) is 13.5. The Bertz CT molecular complexity index is 1100. The van der Waals surface area contributed by atoms with E-state index in [1.807, 2.05) is 32.0 Å². The van der Waals surface area contributed by atoms with Gasteiger partial charge < -0.3 is 10.6 Å². The SMILES string of the molecule is CC1=C(C(=O)Nc2ccc(C)cc2C)C(c2ccccc2F)n2nnnc2N1. The molecule has 1 unspecified atom stereocenters. The van der Waals surface area contributed by atoms with Gasteiger partial charge in [-0.3, -0.25) is 4.79 Å². The maximum Gasteiger partial charge on any atom is 0.255 e. The lowest BCUT2D eigenvalue weighted by atomic mass is 9.94. The molecule has 1 aliphatic rings. The van der Waals surface area contributed by atoms with Crippen LogP contribution < -0.4 is 10.6 Å². The van der Waals surface area contributed by atoms with Crippen molar-refractivity contribution in [1.29, 1.82) is 0 Å². The molecule has 142 valence electrons. The monoisotopic (exact) mass is 378 g/mol. The highest BCUT2D eigenvalue weighted by molar-refractivity contribution is 6.06. The summed E-state index contributed by atoms with van der Waals surface area (Å²) in [5, 5.41) is 17.5. The highest BCUT2D eigenvalue weighted by Crippen LogP contribution is 2.36. The van der Waals surface area contributed by atoms with Crippen LogP contribution in [-0.4, -0.2) is 26.1 Å². The van der Waals surface area contributed by atoms with Crippen molar-refractivity contribution in [1.82, 2.24) is 20.2 Å². The van der Waals surface area contributed by atoms with Crippen molar-refractivity contribution in [3.05, 3.63) is 76.2 Å². The smallest absolute Gasteiger partial charge is 0.255 e. The van der Waals surface area contributed by atoms with E-state index in [-0.39, 0.29) is 5.91 Å². The van der Waals surface area contributed by atoms with E-state index in [2.05, 4.69) is 26.2 Å². The van der Waals surface area contributed by atoms with E-state index in [4.69, 9.17) is 0 Å². The number of rotatable bonds is 3. The second-order valence-corrected chi connectivity index (χ2v) is 6.81.